The summed E-state index contributed by atoms with van der Waals surface area (Å²) >= 11 is 0. The summed E-state index contributed by atoms with van der Waals surface area (Å²) in [5, 5.41) is 0. The molecular formula is C36H30O2. The Morgan fingerprint density at radius 3 is 0.921 bits per heavy atom. The van der Waals surface area contributed by atoms with E-state index < -0.39 is 0 Å². The van der Waals surface area contributed by atoms with Gasteiger partial charge in [-0.2, -0.15) is 0 Å². The Hall–Kier alpha value is -4.82. The van der Waals surface area contributed by atoms with Crippen LogP contribution in [-0.4, -0.2) is 14.2 Å². The lowest BCUT2D eigenvalue weighted by atomic mass is 9.93. The highest BCUT2D eigenvalue weighted by Crippen LogP contribution is 2.36. The molecule has 0 N–H and O–H groups in total. The average molecular weight is 495 g/mol. The van der Waals surface area contributed by atoms with E-state index >= 15 is 0 Å². The van der Waals surface area contributed by atoms with Crippen LogP contribution in [-0.2, 0) is 0 Å². The monoisotopic (exact) mass is 494 g/mol. The SMILES string of the molecule is COc1cc(C=C(c2ccccc2)c2ccccc2)c(OC)cc1C=C(c1ccccc1)c1ccccc1. The Bertz CT molecular complexity index is 1330. The molecule has 5 aromatic carbocycles. The summed E-state index contributed by atoms with van der Waals surface area (Å²) in [7, 11) is 3.43. The molecule has 0 unspecified atom stereocenters. The highest BCUT2D eigenvalue weighted by Gasteiger charge is 2.14. The van der Waals surface area contributed by atoms with E-state index in [0.29, 0.717) is 0 Å². The van der Waals surface area contributed by atoms with Crippen molar-refractivity contribution in [1.29, 1.82) is 0 Å². The van der Waals surface area contributed by atoms with Crippen molar-refractivity contribution in [2.75, 3.05) is 14.2 Å². The van der Waals surface area contributed by atoms with E-state index in [0.717, 1.165) is 56.0 Å². The van der Waals surface area contributed by atoms with E-state index in [9.17, 15) is 0 Å². The van der Waals surface area contributed by atoms with Crippen LogP contribution in [0.1, 0.15) is 33.4 Å². The lowest BCUT2D eigenvalue weighted by Gasteiger charge is -2.15. The lowest BCUT2D eigenvalue weighted by molar-refractivity contribution is 0.401. The van der Waals surface area contributed by atoms with Crippen molar-refractivity contribution >= 4 is 23.3 Å². The van der Waals surface area contributed by atoms with Crippen molar-refractivity contribution in [3.8, 4) is 11.5 Å². The highest BCUT2D eigenvalue weighted by atomic mass is 16.5. The van der Waals surface area contributed by atoms with Crippen LogP contribution in [0.5, 0.6) is 11.5 Å². The second-order valence-electron chi connectivity index (χ2n) is 8.92. The van der Waals surface area contributed by atoms with Gasteiger partial charge < -0.3 is 9.47 Å². The molecule has 0 aromatic heterocycles. The van der Waals surface area contributed by atoms with Crippen LogP contribution in [0, 0.1) is 0 Å². The van der Waals surface area contributed by atoms with E-state index in [4.69, 9.17) is 9.47 Å². The van der Waals surface area contributed by atoms with Gasteiger partial charge in [0.1, 0.15) is 11.5 Å². The minimum atomic E-state index is 0.780. The molecule has 0 atom stereocenters. The molecule has 186 valence electrons. The molecule has 5 aromatic rings. The Balaban J connectivity index is 1.68. The first kappa shape index (κ1) is 24.9. The second kappa shape index (κ2) is 11.9. The van der Waals surface area contributed by atoms with Crippen molar-refractivity contribution in [3.05, 3.63) is 167 Å². The maximum Gasteiger partial charge on any atom is 0.126 e. The average Bonchev–Trinajstić information content (AvgIpc) is 3.00. The zero-order chi connectivity index (χ0) is 26.2. The quantitative estimate of drug-likeness (QED) is 0.201. The molecule has 2 nitrogen and oxygen atoms in total. The van der Waals surface area contributed by atoms with Gasteiger partial charge in [0.05, 0.1) is 14.2 Å². The molecule has 0 aliphatic rings. The zero-order valence-electron chi connectivity index (χ0n) is 21.7. The summed E-state index contributed by atoms with van der Waals surface area (Å²) in [5.74, 6) is 1.56. The summed E-state index contributed by atoms with van der Waals surface area (Å²) in [6, 6.07) is 45.8. The molecule has 0 bridgehead atoms. The fraction of sp³-hybridized carbons (Fsp3) is 0.0556. The first-order valence-corrected chi connectivity index (χ1v) is 12.7. The standard InChI is InChI=1S/C36H30O2/c1-37-35-25-32(24-34(29-19-11-5-12-20-29)30-21-13-6-14-22-30)36(38-2)26-31(35)23-33(27-15-7-3-8-16-27)28-17-9-4-10-18-28/h3-26H,1-2H3. The fourth-order valence-electron chi connectivity index (χ4n) is 4.62. The number of benzene rings is 5. The van der Waals surface area contributed by atoms with Gasteiger partial charge in [0, 0.05) is 11.1 Å². The van der Waals surface area contributed by atoms with Crippen molar-refractivity contribution in [3.63, 3.8) is 0 Å². The highest BCUT2D eigenvalue weighted by molar-refractivity contribution is 5.95. The van der Waals surface area contributed by atoms with Gasteiger partial charge in [-0.25, -0.2) is 0 Å². The van der Waals surface area contributed by atoms with E-state index in [1.54, 1.807) is 14.2 Å². The minimum Gasteiger partial charge on any atom is -0.496 e. The third-order valence-electron chi connectivity index (χ3n) is 6.52. The maximum atomic E-state index is 5.92. The number of hydrogen-bond donors (Lipinski definition) is 0. The number of hydrogen-bond acceptors (Lipinski definition) is 2. The normalized spacial score (nSPS) is 10.4. The van der Waals surface area contributed by atoms with Gasteiger partial charge in [-0.1, -0.05) is 121 Å². The van der Waals surface area contributed by atoms with Gasteiger partial charge in [-0.15, -0.1) is 0 Å². The van der Waals surface area contributed by atoms with Crippen molar-refractivity contribution in [2.24, 2.45) is 0 Å². The summed E-state index contributed by atoms with van der Waals surface area (Å²) in [4.78, 5) is 0. The van der Waals surface area contributed by atoms with Crippen LogP contribution in [0.3, 0.4) is 0 Å². The summed E-state index contributed by atoms with van der Waals surface area (Å²) in [5.41, 5.74) is 8.68. The number of methoxy groups -OCH3 is 2. The van der Waals surface area contributed by atoms with E-state index in [-0.39, 0.29) is 0 Å². The molecule has 0 amide bonds. The molecule has 0 aliphatic heterocycles. The molecule has 2 heteroatoms. The van der Waals surface area contributed by atoms with Crippen LogP contribution < -0.4 is 9.47 Å². The largest absolute Gasteiger partial charge is 0.496 e. The molecule has 0 heterocycles. The third-order valence-corrected chi connectivity index (χ3v) is 6.52. The summed E-state index contributed by atoms with van der Waals surface area (Å²) < 4.78 is 11.8. The van der Waals surface area contributed by atoms with E-state index in [2.05, 4.69) is 121 Å². The van der Waals surface area contributed by atoms with Gasteiger partial charge in [-0.3, -0.25) is 0 Å². The van der Waals surface area contributed by atoms with Gasteiger partial charge in [-0.05, 0) is 57.7 Å². The van der Waals surface area contributed by atoms with Crippen molar-refractivity contribution in [1.82, 2.24) is 0 Å². The number of rotatable bonds is 8. The Kier molecular flexibility index (Phi) is 7.81. The predicted octanol–water partition coefficient (Wildman–Crippen LogP) is 8.88. The van der Waals surface area contributed by atoms with Crippen molar-refractivity contribution in [2.45, 2.75) is 0 Å². The first-order chi connectivity index (χ1) is 18.8. The molecule has 0 aliphatic carbocycles. The third kappa shape index (κ3) is 5.61. The Morgan fingerprint density at radius 1 is 0.421 bits per heavy atom. The van der Waals surface area contributed by atoms with Gasteiger partial charge in [0.25, 0.3) is 0 Å². The minimum absolute atomic E-state index is 0.780. The van der Waals surface area contributed by atoms with Gasteiger partial charge >= 0.3 is 0 Å². The van der Waals surface area contributed by atoms with Crippen LogP contribution >= 0.6 is 0 Å². The van der Waals surface area contributed by atoms with Crippen LogP contribution in [0.25, 0.3) is 23.3 Å². The topological polar surface area (TPSA) is 18.5 Å². The first-order valence-electron chi connectivity index (χ1n) is 12.7. The lowest BCUT2D eigenvalue weighted by Crippen LogP contribution is -1.96. The molecule has 0 radical (unpaired) electrons. The smallest absolute Gasteiger partial charge is 0.126 e. The molecule has 38 heavy (non-hydrogen) atoms. The van der Waals surface area contributed by atoms with Crippen LogP contribution in [0.2, 0.25) is 0 Å². The summed E-state index contributed by atoms with van der Waals surface area (Å²) in [6.45, 7) is 0. The molecule has 0 saturated carbocycles. The van der Waals surface area contributed by atoms with Gasteiger partial charge in [0.2, 0.25) is 0 Å². The Labute approximate surface area is 225 Å². The molecule has 0 fully saturated rings. The Morgan fingerprint density at radius 2 is 0.684 bits per heavy atom. The second-order valence-corrected chi connectivity index (χ2v) is 8.92. The van der Waals surface area contributed by atoms with E-state index in [1.807, 2.05) is 24.3 Å². The zero-order valence-corrected chi connectivity index (χ0v) is 21.7. The van der Waals surface area contributed by atoms with E-state index in [1.165, 1.54) is 0 Å². The van der Waals surface area contributed by atoms with Gasteiger partial charge in [0.15, 0.2) is 0 Å². The van der Waals surface area contributed by atoms with Crippen LogP contribution in [0.15, 0.2) is 133 Å². The molecule has 5 rings (SSSR count). The fourth-order valence-corrected chi connectivity index (χ4v) is 4.62. The predicted molar refractivity (Wildman–Crippen MR) is 159 cm³/mol. The maximum absolute atomic E-state index is 5.92. The van der Waals surface area contributed by atoms with Crippen molar-refractivity contribution < 1.29 is 9.47 Å². The van der Waals surface area contributed by atoms with Crippen LogP contribution in [0.4, 0.5) is 0 Å². The number of ether oxygens (including phenoxy) is 2. The molecular weight excluding hydrogens is 464 g/mol. The summed E-state index contributed by atoms with van der Waals surface area (Å²) in [6.07, 6.45) is 4.35. The molecule has 0 saturated heterocycles. The molecule has 0 spiro atoms.